The standard InChI is InChI=1S/C12H29NP2/c1-5-11(6-2,9-14)13-12(7-3,8-4)10-15/h13H,5-10,14-15H2,1-4H3. The average molecular weight is 249 g/mol. The third kappa shape index (κ3) is 3.95. The van der Waals surface area contributed by atoms with Gasteiger partial charge in [-0.15, -0.1) is 18.5 Å². The zero-order valence-electron chi connectivity index (χ0n) is 10.9. The topological polar surface area (TPSA) is 12.0 Å². The molecule has 1 nitrogen and oxygen atoms in total. The molecule has 0 bridgehead atoms. The number of hydrogen-bond donors (Lipinski definition) is 1. The van der Waals surface area contributed by atoms with Gasteiger partial charge in [0, 0.05) is 11.1 Å². The summed E-state index contributed by atoms with van der Waals surface area (Å²) in [5.41, 5.74) is 0.626. The Morgan fingerprint density at radius 3 is 1.13 bits per heavy atom. The fraction of sp³-hybridized carbons (Fsp3) is 1.00. The molecule has 0 heterocycles. The lowest BCUT2D eigenvalue weighted by Crippen LogP contribution is -2.59. The second-order valence-corrected chi connectivity index (χ2v) is 5.32. The van der Waals surface area contributed by atoms with Crippen LogP contribution in [0.15, 0.2) is 0 Å². The van der Waals surface area contributed by atoms with Crippen LogP contribution in [0.25, 0.3) is 0 Å². The van der Waals surface area contributed by atoms with Crippen molar-refractivity contribution in [2.75, 3.05) is 12.3 Å². The van der Waals surface area contributed by atoms with Crippen LogP contribution in [-0.2, 0) is 0 Å². The maximum atomic E-state index is 3.94. The lowest BCUT2D eigenvalue weighted by molar-refractivity contribution is 0.215. The second kappa shape index (κ2) is 7.21. The van der Waals surface area contributed by atoms with Crippen LogP contribution in [0.5, 0.6) is 0 Å². The Morgan fingerprint density at radius 1 is 0.733 bits per heavy atom. The summed E-state index contributed by atoms with van der Waals surface area (Å²) in [6.45, 7) is 9.16. The molecular weight excluding hydrogens is 220 g/mol. The Hall–Kier alpha value is 0.820. The largest absolute Gasteiger partial charge is 0.305 e. The molecule has 0 amide bonds. The van der Waals surface area contributed by atoms with Crippen molar-refractivity contribution in [3.8, 4) is 0 Å². The van der Waals surface area contributed by atoms with Crippen LogP contribution in [0, 0.1) is 0 Å². The van der Waals surface area contributed by atoms with E-state index >= 15 is 0 Å². The van der Waals surface area contributed by atoms with Gasteiger partial charge in [0.05, 0.1) is 0 Å². The third-order valence-electron chi connectivity index (χ3n) is 4.02. The minimum Gasteiger partial charge on any atom is -0.305 e. The van der Waals surface area contributed by atoms with E-state index in [-0.39, 0.29) is 0 Å². The zero-order chi connectivity index (χ0) is 11.9. The first-order valence-corrected chi connectivity index (χ1v) is 7.90. The Morgan fingerprint density at radius 2 is 1.00 bits per heavy atom. The quantitative estimate of drug-likeness (QED) is 0.650. The van der Waals surface area contributed by atoms with Crippen LogP contribution >= 0.6 is 18.5 Å². The molecule has 0 aliphatic heterocycles. The molecule has 0 rings (SSSR count). The van der Waals surface area contributed by atoms with E-state index in [1.54, 1.807) is 0 Å². The number of nitrogens with one attached hydrogen (secondary N) is 1. The third-order valence-corrected chi connectivity index (χ3v) is 5.58. The summed E-state index contributed by atoms with van der Waals surface area (Å²) < 4.78 is 0. The number of hydrogen-bond acceptors (Lipinski definition) is 1. The first kappa shape index (κ1) is 15.8. The van der Waals surface area contributed by atoms with Gasteiger partial charge in [0.25, 0.3) is 0 Å². The molecule has 0 aromatic rings. The molecule has 0 aliphatic rings. The van der Waals surface area contributed by atoms with Crippen molar-refractivity contribution in [1.82, 2.24) is 5.32 Å². The van der Waals surface area contributed by atoms with Gasteiger partial charge in [0.15, 0.2) is 0 Å². The van der Waals surface area contributed by atoms with E-state index in [0.717, 1.165) is 12.3 Å². The van der Waals surface area contributed by atoms with E-state index in [2.05, 4.69) is 51.5 Å². The molecule has 0 aromatic carbocycles. The highest BCUT2D eigenvalue weighted by molar-refractivity contribution is 7.16. The number of rotatable bonds is 8. The summed E-state index contributed by atoms with van der Waals surface area (Å²) in [6, 6.07) is 0. The minimum absolute atomic E-state index is 0.313. The zero-order valence-corrected chi connectivity index (χ0v) is 13.2. The molecule has 0 saturated carbocycles. The van der Waals surface area contributed by atoms with Crippen molar-refractivity contribution in [2.45, 2.75) is 64.5 Å². The van der Waals surface area contributed by atoms with Gasteiger partial charge >= 0.3 is 0 Å². The summed E-state index contributed by atoms with van der Waals surface area (Å²) in [4.78, 5) is 0. The van der Waals surface area contributed by atoms with Gasteiger partial charge in [-0.3, -0.25) is 0 Å². The van der Waals surface area contributed by atoms with Crippen LogP contribution in [0.3, 0.4) is 0 Å². The molecule has 0 saturated heterocycles. The van der Waals surface area contributed by atoms with Crippen molar-refractivity contribution >= 4 is 18.5 Å². The van der Waals surface area contributed by atoms with Gasteiger partial charge in [0.1, 0.15) is 0 Å². The Kier molecular flexibility index (Phi) is 7.60. The maximum absolute atomic E-state index is 3.94. The van der Waals surface area contributed by atoms with E-state index in [9.17, 15) is 0 Å². The molecular formula is C12H29NP2. The normalized spacial score (nSPS) is 13.2. The summed E-state index contributed by atoms with van der Waals surface area (Å²) in [5.74, 6) is 0. The van der Waals surface area contributed by atoms with Crippen LogP contribution < -0.4 is 5.32 Å². The van der Waals surface area contributed by atoms with Crippen molar-refractivity contribution in [2.24, 2.45) is 0 Å². The van der Waals surface area contributed by atoms with E-state index in [1.807, 2.05) is 0 Å². The molecule has 0 aromatic heterocycles. The Balaban J connectivity index is 4.74. The molecule has 2 atom stereocenters. The smallest absolute Gasteiger partial charge is 0.0216 e. The van der Waals surface area contributed by atoms with Gasteiger partial charge < -0.3 is 5.32 Å². The molecule has 15 heavy (non-hydrogen) atoms. The summed E-state index contributed by atoms with van der Waals surface area (Å²) in [5, 5.41) is 3.94. The SMILES string of the molecule is CCC(CC)(CP)NC(CC)(CC)CP. The first-order chi connectivity index (χ1) is 7.07. The molecule has 0 radical (unpaired) electrons. The predicted octanol–water partition coefficient (Wildman–Crippen LogP) is 3.44. The Labute approximate surface area is 101 Å². The summed E-state index contributed by atoms with van der Waals surface area (Å²) in [6.07, 6.45) is 7.12. The molecule has 92 valence electrons. The van der Waals surface area contributed by atoms with Crippen molar-refractivity contribution in [3.05, 3.63) is 0 Å². The molecule has 1 N–H and O–H groups in total. The fourth-order valence-electron chi connectivity index (χ4n) is 2.10. The summed E-state index contributed by atoms with van der Waals surface area (Å²) in [7, 11) is 5.82. The van der Waals surface area contributed by atoms with Gasteiger partial charge in [0.2, 0.25) is 0 Å². The molecule has 0 fully saturated rings. The second-order valence-electron chi connectivity index (χ2n) is 4.51. The lowest BCUT2D eigenvalue weighted by Gasteiger charge is -2.43. The van der Waals surface area contributed by atoms with Crippen LogP contribution in [-0.4, -0.2) is 23.4 Å². The molecule has 2 unspecified atom stereocenters. The molecule has 3 heteroatoms. The van der Waals surface area contributed by atoms with E-state index in [0.29, 0.717) is 11.1 Å². The predicted molar refractivity (Wildman–Crippen MR) is 78.9 cm³/mol. The molecule has 0 spiro atoms. The average Bonchev–Trinajstić information content (AvgIpc) is 2.33. The Bertz CT molecular complexity index is 128. The van der Waals surface area contributed by atoms with Gasteiger partial charge in [-0.25, -0.2) is 0 Å². The van der Waals surface area contributed by atoms with Gasteiger partial charge in [-0.2, -0.15) is 0 Å². The first-order valence-electron chi connectivity index (χ1n) is 6.27. The van der Waals surface area contributed by atoms with E-state index in [1.165, 1.54) is 25.7 Å². The van der Waals surface area contributed by atoms with Crippen LogP contribution in [0.2, 0.25) is 0 Å². The fourth-order valence-corrected chi connectivity index (χ4v) is 3.45. The highest BCUT2D eigenvalue weighted by Crippen LogP contribution is 2.27. The van der Waals surface area contributed by atoms with Gasteiger partial charge in [-0.1, -0.05) is 27.7 Å². The monoisotopic (exact) mass is 249 g/mol. The van der Waals surface area contributed by atoms with Crippen molar-refractivity contribution in [3.63, 3.8) is 0 Å². The molecule has 0 aliphatic carbocycles. The van der Waals surface area contributed by atoms with Crippen LogP contribution in [0.4, 0.5) is 0 Å². The van der Waals surface area contributed by atoms with E-state index < -0.39 is 0 Å². The summed E-state index contributed by atoms with van der Waals surface area (Å²) >= 11 is 0. The van der Waals surface area contributed by atoms with Crippen molar-refractivity contribution in [1.29, 1.82) is 0 Å². The minimum atomic E-state index is 0.313. The van der Waals surface area contributed by atoms with Crippen LogP contribution in [0.1, 0.15) is 53.4 Å². The van der Waals surface area contributed by atoms with Gasteiger partial charge in [-0.05, 0) is 38.0 Å². The maximum Gasteiger partial charge on any atom is 0.0216 e. The van der Waals surface area contributed by atoms with Crippen molar-refractivity contribution < 1.29 is 0 Å². The highest BCUT2D eigenvalue weighted by atomic mass is 31.0. The lowest BCUT2D eigenvalue weighted by atomic mass is 9.86. The highest BCUT2D eigenvalue weighted by Gasteiger charge is 2.33. The van der Waals surface area contributed by atoms with E-state index in [4.69, 9.17) is 0 Å².